The van der Waals surface area contributed by atoms with Crippen molar-refractivity contribution in [2.24, 2.45) is 0 Å². The van der Waals surface area contributed by atoms with Crippen molar-refractivity contribution < 1.29 is 26.4 Å². The van der Waals surface area contributed by atoms with Gasteiger partial charge in [0.1, 0.15) is 0 Å². The third-order valence-corrected chi connectivity index (χ3v) is 9.30. The predicted molar refractivity (Wildman–Crippen MR) is 132 cm³/mol. The number of amides is 1. The molecule has 11 heteroatoms. The van der Waals surface area contributed by atoms with Crippen LogP contribution in [-0.2, 0) is 24.8 Å². The lowest BCUT2D eigenvalue weighted by molar-refractivity contribution is -0.0440. The van der Waals surface area contributed by atoms with Crippen LogP contribution in [-0.4, -0.2) is 57.1 Å². The topological polar surface area (TPSA) is 122 Å². The van der Waals surface area contributed by atoms with E-state index in [2.05, 4.69) is 10.0 Å². The number of rotatable bonds is 6. The van der Waals surface area contributed by atoms with Crippen LogP contribution in [0.15, 0.2) is 53.4 Å². The second-order valence-corrected chi connectivity index (χ2v) is 13.7. The van der Waals surface area contributed by atoms with Gasteiger partial charge in [-0.25, -0.2) is 16.8 Å². The first kappa shape index (κ1) is 26.1. The van der Waals surface area contributed by atoms with Gasteiger partial charge in [0.05, 0.1) is 21.9 Å². The lowest BCUT2D eigenvalue weighted by Crippen LogP contribution is -2.48. The summed E-state index contributed by atoms with van der Waals surface area (Å²) in [6.07, 6.45) is -0.375. The van der Waals surface area contributed by atoms with E-state index < -0.39 is 30.7 Å². The molecule has 34 heavy (non-hydrogen) atoms. The van der Waals surface area contributed by atoms with Gasteiger partial charge in [-0.15, -0.1) is 0 Å². The Labute approximate surface area is 201 Å². The van der Waals surface area contributed by atoms with Crippen molar-refractivity contribution in [3.05, 3.63) is 54.1 Å². The standard InChI is InChI=1S/C23H31N3O6S2/c1-16-14-26(15-17(2)32-16)33(28,29)21-12-10-19(11-13-21)24-22(27)18-6-8-20(9-7-18)25-34(30,31)23(3,4)5/h6-13,16-17,25H,14-15H2,1-5H3,(H,24,27)/t16-,17+. The number of sulfonamides is 2. The van der Waals surface area contributed by atoms with Crippen molar-refractivity contribution in [1.29, 1.82) is 0 Å². The van der Waals surface area contributed by atoms with E-state index in [1.54, 1.807) is 20.8 Å². The van der Waals surface area contributed by atoms with E-state index in [0.29, 0.717) is 16.9 Å². The Kier molecular flexibility index (Phi) is 7.42. The average molecular weight is 510 g/mol. The lowest BCUT2D eigenvalue weighted by atomic mass is 10.2. The first-order valence-electron chi connectivity index (χ1n) is 10.9. The Morgan fingerprint density at radius 3 is 1.88 bits per heavy atom. The zero-order valence-electron chi connectivity index (χ0n) is 19.9. The number of anilines is 2. The van der Waals surface area contributed by atoms with Crippen molar-refractivity contribution in [2.45, 2.75) is 56.5 Å². The second kappa shape index (κ2) is 9.65. The van der Waals surface area contributed by atoms with Crippen molar-refractivity contribution >= 4 is 37.3 Å². The quantitative estimate of drug-likeness (QED) is 0.616. The molecule has 1 amide bonds. The van der Waals surface area contributed by atoms with Gasteiger partial charge in [-0.2, -0.15) is 4.31 Å². The van der Waals surface area contributed by atoms with Crippen LogP contribution in [0.3, 0.4) is 0 Å². The third-order valence-electron chi connectivity index (χ3n) is 5.34. The molecule has 1 fully saturated rings. The lowest BCUT2D eigenvalue weighted by Gasteiger charge is -2.34. The molecule has 2 N–H and O–H groups in total. The maximum Gasteiger partial charge on any atom is 0.255 e. The first-order valence-corrected chi connectivity index (χ1v) is 13.8. The van der Waals surface area contributed by atoms with Crippen LogP contribution < -0.4 is 10.0 Å². The molecule has 2 atom stereocenters. The van der Waals surface area contributed by atoms with E-state index in [4.69, 9.17) is 4.74 Å². The summed E-state index contributed by atoms with van der Waals surface area (Å²) in [5, 5.41) is 2.72. The van der Waals surface area contributed by atoms with Gasteiger partial charge in [-0.1, -0.05) is 0 Å². The number of benzene rings is 2. The SMILES string of the molecule is C[C@@H]1CN(S(=O)(=O)c2ccc(NC(=O)c3ccc(NS(=O)(=O)C(C)(C)C)cc3)cc2)C[C@H](C)O1. The molecule has 1 aliphatic rings. The van der Waals surface area contributed by atoms with Gasteiger partial charge in [0.15, 0.2) is 0 Å². The molecule has 186 valence electrons. The number of carbonyl (C=O) groups excluding carboxylic acids is 1. The maximum absolute atomic E-state index is 13.0. The van der Waals surface area contributed by atoms with Crippen LogP contribution in [0.25, 0.3) is 0 Å². The largest absolute Gasteiger partial charge is 0.373 e. The fraction of sp³-hybridized carbons (Fsp3) is 0.435. The van der Waals surface area contributed by atoms with Crippen LogP contribution >= 0.6 is 0 Å². The highest BCUT2D eigenvalue weighted by Gasteiger charge is 2.32. The third kappa shape index (κ3) is 5.96. The zero-order valence-corrected chi connectivity index (χ0v) is 21.5. The number of carbonyl (C=O) groups is 1. The number of nitrogens with zero attached hydrogens (tertiary/aromatic N) is 1. The molecule has 1 heterocycles. The van der Waals surface area contributed by atoms with Crippen LogP contribution in [0.4, 0.5) is 11.4 Å². The highest BCUT2D eigenvalue weighted by atomic mass is 32.2. The summed E-state index contributed by atoms with van der Waals surface area (Å²) in [6, 6.07) is 12.0. The molecule has 0 aromatic heterocycles. The number of nitrogens with one attached hydrogen (secondary N) is 2. The van der Waals surface area contributed by atoms with Crippen molar-refractivity contribution in [1.82, 2.24) is 4.31 Å². The minimum atomic E-state index is -3.67. The summed E-state index contributed by atoms with van der Waals surface area (Å²) in [6.45, 7) is 9.02. The number of ether oxygens (including phenoxy) is 1. The van der Waals surface area contributed by atoms with Crippen LogP contribution in [0.1, 0.15) is 45.0 Å². The van der Waals surface area contributed by atoms with Gasteiger partial charge in [0.2, 0.25) is 20.0 Å². The first-order chi connectivity index (χ1) is 15.7. The molecule has 0 bridgehead atoms. The molecule has 9 nitrogen and oxygen atoms in total. The summed E-state index contributed by atoms with van der Waals surface area (Å²) >= 11 is 0. The zero-order chi connectivity index (χ0) is 25.3. The molecule has 2 aromatic rings. The molecule has 1 aliphatic heterocycles. The van der Waals surface area contributed by atoms with Crippen LogP contribution in [0.5, 0.6) is 0 Å². The molecule has 2 aromatic carbocycles. The summed E-state index contributed by atoms with van der Waals surface area (Å²) < 4.78 is 59.0. The average Bonchev–Trinajstić information content (AvgIpc) is 2.73. The molecule has 0 radical (unpaired) electrons. The van der Waals surface area contributed by atoms with E-state index in [-0.39, 0.29) is 30.2 Å². The van der Waals surface area contributed by atoms with Crippen molar-refractivity contribution in [3.8, 4) is 0 Å². The fourth-order valence-electron chi connectivity index (χ4n) is 3.39. The summed E-state index contributed by atoms with van der Waals surface area (Å²) in [7, 11) is -7.24. The second-order valence-electron chi connectivity index (χ2n) is 9.35. The molecule has 0 aliphatic carbocycles. The number of hydrogen-bond acceptors (Lipinski definition) is 6. The summed E-state index contributed by atoms with van der Waals surface area (Å²) in [4.78, 5) is 12.7. The van der Waals surface area contributed by atoms with Crippen molar-refractivity contribution in [3.63, 3.8) is 0 Å². The van der Waals surface area contributed by atoms with Gasteiger partial charge >= 0.3 is 0 Å². The molecule has 0 saturated carbocycles. The van der Waals surface area contributed by atoms with Gasteiger partial charge in [-0.3, -0.25) is 9.52 Å². The minimum absolute atomic E-state index is 0.141. The molecule has 0 spiro atoms. The molecule has 1 saturated heterocycles. The van der Waals surface area contributed by atoms with E-state index in [0.717, 1.165) is 0 Å². The molecule has 3 rings (SSSR count). The van der Waals surface area contributed by atoms with Crippen molar-refractivity contribution in [2.75, 3.05) is 23.1 Å². The van der Waals surface area contributed by atoms with E-state index in [1.807, 2.05) is 13.8 Å². The number of hydrogen-bond donors (Lipinski definition) is 2. The van der Waals surface area contributed by atoms with Gasteiger partial charge in [-0.05, 0) is 83.1 Å². The van der Waals surface area contributed by atoms with Crippen LogP contribution in [0.2, 0.25) is 0 Å². The minimum Gasteiger partial charge on any atom is -0.373 e. The van der Waals surface area contributed by atoms with Gasteiger partial charge < -0.3 is 10.1 Å². The maximum atomic E-state index is 13.0. The van der Waals surface area contributed by atoms with E-state index in [9.17, 15) is 21.6 Å². The highest BCUT2D eigenvalue weighted by Crippen LogP contribution is 2.23. The smallest absolute Gasteiger partial charge is 0.255 e. The summed E-state index contributed by atoms with van der Waals surface area (Å²) in [5.41, 5.74) is 1.12. The Morgan fingerprint density at radius 1 is 0.882 bits per heavy atom. The van der Waals surface area contributed by atoms with Crippen LogP contribution in [0, 0.1) is 0 Å². The highest BCUT2D eigenvalue weighted by molar-refractivity contribution is 7.94. The Balaban J connectivity index is 1.67. The predicted octanol–water partition coefficient (Wildman–Crippen LogP) is 3.28. The van der Waals surface area contributed by atoms with E-state index >= 15 is 0 Å². The van der Waals surface area contributed by atoms with Gasteiger partial charge in [0.25, 0.3) is 5.91 Å². The Bertz CT molecular complexity index is 1230. The van der Waals surface area contributed by atoms with Gasteiger partial charge in [0, 0.05) is 30.0 Å². The number of morpholine rings is 1. The fourth-order valence-corrected chi connectivity index (χ4v) is 5.73. The molecular formula is C23H31N3O6S2. The Morgan fingerprint density at radius 2 is 1.38 bits per heavy atom. The summed E-state index contributed by atoms with van der Waals surface area (Å²) in [5.74, 6) is -0.406. The monoisotopic (exact) mass is 509 g/mol. The normalized spacial score (nSPS) is 20.0. The Hall–Kier alpha value is -2.47. The van der Waals surface area contributed by atoms with E-state index in [1.165, 1.54) is 52.8 Å². The molecular weight excluding hydrogens is 478 g/mol. The molecule has 0 unspecified atom stereocenters.